The fourth-order valence-corrected chi connectivity index (χ4v) is 4.00. The van der Waals surface area contributed by atoms with E-state index in [4.69, 9.17) is 5.11 Å². The predicted octanol–water partition coefficient (Wildman–Crippen LogP) is 1.33. The van der Waals surface area contributed by atoms with Crippen molar-refractivity contribution >= 4 is 23.5 Å². The van der Waals surface area contributed by atoms with E-state index >= 15 is 0 Å². The molecule has 8 heteroatoms. The second-order valence-corrected chi connectivity index (χ2v) is 7.61. The second-order valence-electron chi connectivity index (χ2n) is 7.61. The lowest BCUT2D eigenvalue weighted by atomic mass is 9.86. The summed E-state index contributed by atoms with van der Waals surface area (Å²) in [5.41, 5.74) is 0.449. The maximum atomic E-state index is 12.6. The Labute approximate surface area is 164 Å². The number of nitrogens with one attached hydrogen (secondary N) is 1. The zero-order valence-corrected chi connectivity index (χ0v) is 15.9. The molecule has 0 radical (unpaired) electrons. The largest absolute Gasteiger partial charge is 0.508 e. The van der Waals surface area contributed by atoms with E-state index in [1.54, 1.807) is 12.1 Å². The number of nitrogens with zero attached hydrogens (tertiary/aromatic N) is 2. The van der Waals surface area contributed by atoms with Crippen LogP contribution in [0.1, 0.15) is 38.5 Å². The number of carbonyl (C=O) groups is 3. The molecule has 0 aliphatic carbocycles. The van der Waals surface area contributed by atoms with E-state index in [2.05, 4.69) is 10.2 Å². The number of phenols is 1. The molecule has 1 atom stereocenters. The number of piperazine rings is 1. The third-order valence-corrected chi connectivity index (χ3v) is 5.72. The van der Waals surface area contributed by atoms with Crippen molar-refractivity contribution in [2.45, 2.75) is 44.1 Å². The molecule has 2 aliphatic heterocycles. The van der Waals surface area contributed by atoms with Gasteiger partial charge in [-0.1, -0.05) is 0 Å². The first kappa shape index (κ1) is 20.0. The van der Waals surface area contributed by atoms with Gasteiger partial charge in [-0.05, 0) is 43.5 Å². The van der Waals surface area contributed by atoms with Gasteiger partial charge in [0.2, 0.25) is 11.8 Å². The summed E-state index contributed by atoms with van der Waals surface area (Å²) in [5.74, 6) is -0.688. The minimum Gasteiger partial charge on any atom is -0.508 e. The number of anilines is 1. The molecule has 152 valence electrons. The number of rotatable bonds is 7. The molecule has 1 unspecified atom stereocenters. The van der Waals surface area contributed by atoms with Crippen LogP contribution in [0.4, 0.5) is 5.69 Å². The fourth-order valence-electron chi connectivity index (χ4n) is 4.00. The number of hydrogen-bond donors (Lipinski definition) is 3. The summed E-state index contributed by atoms with van der Waals surface area (Å²) < 4.78 is 0. The summed E-state index contributed by atoms with van der Waals surface area (Å²) >= 11 is 0. The van der Waals surface area contributed by atoms with Crippen molar-refractivity contribution < 1.29 is 24.6 Å². The summed E-state index contributed by atoms with van der Waals surface area (Å²) in [6.07, 6.45) is 2.10. The van der Waals surface area contributed by atoms with Crippen molar-refractivity contribution in [2.24, 2.45) is 0 Å². The number of aliphatic carboxylic acids is 1. The highest BCUT2D eigenvalue weighted by Crippen LogP contribution is 2.30. The van der Waals surface area contributed by atoms with Gasteiger partial charge < -0.3 is 25.3 Å². The minimum absolute atomic E-state index is 0.0141. The van der Waals surface area contributed by atoms with Crippen LogP contribution in [-0.2, 0) is 14.4 Å². The summed E-state index contributed by atoms with van der Waals surface area (Å²) in [7, 11) is 0. The van der Waals surface area contributed by atoms with E-state index in [0.717, 1.165) is 18.8 Å². The Morgan fingerprint density at radius 1 is 1.04 bits per heavy atom. The average molecular weight is 389 g/mol. The van der Waals surface area contributed by atoms with Gasteiger partial charge in [-0.15, -0.1) is 0 Å². The lowest BCUT2D eigenvalue weighted by Gasteiger charge is -2.37. The van der Waals surface area contributed by atoms with Crippen LogP contribution >= 0.6 is 0 Å². The van der Waals surface area contributed by atoms with Crippen molar-refractivity contribution in [3.8, 4) is 5.75 Å². The number of carboxylic acid groups (broad SMARTS) is 1. The minimum atomic E-state index is -0.891. The summed E-state index contributed by atoms with van der Waals surface area (Å²) in [4.78, 5) is 39.2. The number of hydrogen-bond acceptors (Lipinski definition) is 5. The van der Waals surface area contributed by atoms with Crippen molar-refractivity contribution in [1.82, 2.24) is 10.2 Å². The molecule has 8 nitrogen and oxygen atoms in total. The zero-order valence-electron chi connectivity index (χ0n) is 15.9. The number of phenolic OH excluding ortho intramolecular Hbond substituents is 1. The van der Waals surface area contributed by atoms with E-state index < -0.39 is 11.5 Å². The summed E-state index contributed by atoms with van der Waals surface area (Å²) in [6, 6.07) is 7.03. The van der Waals surface area contributed by atoms with Crippen LogP contribution in [-0.4, -0.2) is 64.6 Å². The fraction of sp³-hybridized carbons (Fsp3) is 0.550. The van der Waals surface area contributed by atoms with Gasteiger partial charge in [0.25, 0.3) is 0 Å². The predicted molar refractivity (Wildman–Crippen MR) is 103 cm³/mol. The highest BCUT2D eigenvalue weighted by Gasteiger charge is 2.38. The molecule has 28 heavy (non-hydrogen) atoms. The number of aromatic hydroxyl groups is 1. The van der Waals surface area contributed by atoms with Gasteiger partial charge in [0.15, 0.2) is 0 Å². The Hall–Kier alpha value is -2.77. The first-order chi connectivity index (χ1) is 13.4. The molecule has 3 N–H and O–H groups in total. The normalized spacial score (nSPS) is 22.2. The Bertz CT molecular complexity index is 728. The molecule has 2 fully saturated rings. The molecule has 0 saturated carbocycles. The number of carboxylic acids is 1. The highest BCUT2D eigenvalue weighted by molar-refractivity contribution is 5.80. The third-order valence-electron chi connectivity index (χ3n) is 5.72. The van der Waals surface area contributed by atoms with Crippen molar-refractivity contribution in [1.29, 1.82) is 0 Å². The van der Waals surface area contributed by atoms with Gasteiger partial charge in [0.1, 0.15) is 5.75 Å². The van der Waals surface area contributed by atoms with E-state index in [-0.39, 0.29) is 24.0 Å². The molecular formula is C20H27N3O5. The molecule has 0 spiro atoms. The standard InChI is InChI=1S/C20H27N3O5/c24-16-3-1-15(2-4-16)22-11-13-23(14-12-22)18(26)6-9-20(10-7-19(27)28)8-5-17(25)21-20/h1-4,24H,5-14H2,(H,21,25)(H,27,28). The van der Waals surface area contributed by atoms with E-state index in [1.807, 2.05) is 17.0 Å². The Morgan fingerprint density at radius 2 is 1.68 bits per heavy atom. The Morgan fingerprint density at radius 3 is 2.25 bits per heavy atom. The van der Waals surface area contributed by atoms with Crippen LogP contribution in [0.5, 0.6) is 5.75 Å². The van der Waals surface area contributed by atoms with Crippen molar-refractivity contribution in [3.63, 3.8) is 0 Å². The van der Waals surface area contributed by atoms with Crippen LogP contribution in [0.2, 0.25) is 0 Å². The molecule has 3 rings (SSSR count). The molecule has 0 bridgehead atoms. The maximum Gasteiger partial charge on any atom is 0.303 e. The first-order valence-corrected chi connectivity index (χ1v) is 9.71. The number of carbonyl (C=O) groups excluding carboxylic acids is 2. The Kier molecular flexibility index (Phi) is 6.06. The summed E-state index contributed by atoms with van der Waals surface area (Å²) in [6.45, 7) is 2.68. The van der Waals surface area contributed by atoms with Crippen LogP contribution < -0.4 is 10.2 Å². The second kappa shape index (κ2) is 8.50. The van der Waals surface area contributed by atoms with Crippen LogP contribution in [0.15, 0.2) is 24.3 Å². The SMILES string of the molecule is O=C(O)CCC1(CCC(=O)N2CCN(c3ccc(O)cc3)CC2)CCC(=O)N1. The molecule has 2 aliphatic rings. The summed E-state index contributed by atoms with van der Waals surface area (Å²) in [5, 5.41) is 21.3. The lowest BCUT2D eigenvalue weighted by Crippen LogP contribution is -2.49. The third kappa shape index (κ3) is 4.94. The van der Waals surface area contributed by atoms with Gasteiger partial charge >= 0.3 is 5.97 Å². The van der Waals surface area contributed by atoms with Crippen molar-refractivity contribution in [3.05, 3.63) is 24.3 Å². The van der Waals surface area contributed by atoms with Crippen LogP contribution in [0.3, 0.4) is 0 Å². The van der Waals surface area contributed by atoms with Gasteiger partial charge in [0.05, 0.1) is 0 Å². The van der Waals surface area contributed by atoms with Gasteiger partial charge in [-0.25, -0.2) is 0 Å². The monoisotopic (exact) mass is 389 g/mol. The molecule has 1 aromatic rings. The lowest BCUT2D eigenvalue weighted by molar-refractivity contribution is -0.137. The average Bonchev–Trinajstić information content (AvgIpc) is 3.07. The number of benzene rings is 1. The number of amides is 2. The molecule has 2 saturated heterocycles. The maximum absolute atomic E-state index is 12.6. The van der Waals surface area contributed by atoms with Crippen LogP contribution in [0.25, 0.3) is 0 Å². The van der Waals surface area contributed by atoms with E-state index in [1.165, 1.54) is 0 Å². The van der Waals surface area contributed by atoms with Gasteiger partial charge in [-0.3, -0.25) is 14.4 Å². The van der Waals surface area contributed by atoms with E-state index in [0.29, 0.717) is 45.2 Å². The zero-order chi connectivity index (χ0) is 20.1. The molecule has 0 aromatic heterocycles. The van der Waals surface area contributed by atoms with Gasteiger partial charge in [-0.2, -0.15) is 0 Å². The molecular weight excluding hydrogens is 362 g/mol. The van der Waals surface area contributed by atoms with Gasteiger partial charge in [0, 0.05) is 56.7 Å². The molecule has 2 amide bonds. The smallest absolute Gasteiger partial charge is 0.303 e. The molecule has 1 aromatic carbocycles. The van der Waals surface area contributed by atoms with E-state index in [9.17, 15) is 19.5 Å². The quantitative estimate of drug-likeness (QED) is 0.649. The Balaban J connectivity index is 1.50. The van der Waals surface area contributed by atoms with Crippen LogP contribution in [0, 0.1) is 0 Å². The van der Waals surface area contributed by atoms with Crippen molar-refractivity contribution in [2.75, 3.05) is 31.1 Å². The first-order valence-electron chi connectivity index (χ1n) is 9.71. The molecule has 2 heterocycles. The highest BCUT2D eigenvalue weighted by atomic mass is 16.4. The topological polar surface area (TPSA) is 110 Å².